The molecule has 5 heteroatoms. The quantitative estimate of drug-likeness (QED) is 0.861. The third-order valence-corrected chi connectivity index (χ3v) is 3.13. The van der Waals surface area contributed by atoms with Gasteiger partial charge in [0.2, 0.25) is 0 Å². The van der Waals surface area contributed by atoms with Crippen LogP contribution in [0.2, 0.25) is 0 Å². The highest BCUT2D eigenvalue weighted by Gasteiger charge is 2.14. The van der Waals surface area contributed by atoms with Gasteiger partial charge in [-0.25, -0.2) is 9.37 Å². The Kier molecular flexibility index (Phi) is 3.41. The van der Waals surface area contributed by atoms with Gasteiger partial charge in [-0.15, -0.1) is 0 Å². The van der Waals surface area contributed by atoms with Crippen molar-refractivity contribution in [1.82, 2.24) is 4.98 Å². The second-order valence-electron chi connectivity index (χ2n) is 4.64. The molecule has 0 unspecified atom stereocenters. The Bertz CT molecular complexity index is 619. The second kappa shape index (κ2) is 5.36. The lowest BCUT2D eigenvalue weighted by molar-refractivity contribution is 0.171. The Labute approximate surface area is 116 Å². The topological polar surface area (TPSA) is 34.6 Å². The first kappa shape index (κ1) is 12.7. The zero-order valence-electron chi connectivity index (χ0n) is 11.2. The van der Waals surface area contributed by atoms with E-state index in [1.165, 1.54) is 6.07 Å². The molecule has 3 rings (SSSR count). The predicted molar refractivity (Wildman–Crippen MR) is 73.7 cm³/mol. The fraction of sp³-hybridized carbons (Fsp3) is 0.267. The highest BCUT2D eigenvalue weighted by Crippen LogP contribution is 2.31. The summed E-state index contributed by atoms with van der Waals surface area (Å²) in [4.78, 5) is 5.82. The van der Waals surface area contributed by atoms with Gasteiger partial charge in [0.05, 0.1) is 0 Å². The van der Waals surface area contributed by atoms with Crippen LogP contribution in [0.4, 0.5) is 10.2 Å². The molecule has 2 heterocycles. The molecule has 1 aromatic carbocycles. The van der Waals surface area contributed by atoms with Crippen molar-refractivity contribution in [3.8, 4) is 11.5 Å². The highest BCUT2D eigenvalue weighted by atomic mass is 19.1. The summed E-state index contributed by atoms with van der Waals surface area (Å²) in [6, 6.07) is 8.74. The van der Waals surface area contributed by atoms with Crippen LogP contribution >= 0.6 is 0 Å². The van der Waals surface area contributed by atoms with Crippen molar-refractivity contribution < 1.29 is 13.9 Å². The molecule has 0 spiro atoms. The van der Waals surface area contributed by atoms with Crippen LogP contribution in [0.5, 0.6) is 11.5 Å². The summed E-state index contributed by atoms with van der Waals surface area (Å²) in [5.41, 5.74) is 1.02. The molecule has 0 atom stereocenters. The number of anilines is 1. The van der Waals surface area contributed by atoms with Gasteiger partial charge in [-0.05, 0) is 29.8 Å². The van der Waals surface area contributed by atoms with Crippen LogP contribution in [0.25, 0.3) is 0 Å². The van der Waals surface area contributed by atoms with Gasteiger partial charge in [-0.1, -0.05) is 6.07 Å². The van der Waals surface area contributed by atoms with E-state index in [0.717, 1.165) is 17.1 Å². The van der Waals surface area contributed by atoms with Crippen molar-refractivity contribution >= 4 is 5.82 Å². The molecule has 104 valence electrons. The molecule has 2 aromatic rings. The van der Waals surface area contributed by atoms with Gasteiger partial charge >= 0.3 is 0 Å². The summed E-state index contributed by atoms with van der Waals surface area (Å²) in [6.07, 6.45) is 1.58. The van der Waals surface area contributed by atoms with E-state index in [2.05, 4.69) is 4.98 Å². The Morgan fingerprint density at radius 2 is 2.00 bits per heavy atom. The predicted octanol–water partition coefficient (Wildman–Crippen LogP) is 2.63. The summed E-state index contributed by atoms with van der Waals surface area (Å²) in [5.74, 6) is 1.50. The molecule has 0 amide bonds. The fourth-order valence-electron chi connectivity index (χ4n) is 2.19. The van der Waals surface area contributed by atoms with Crippen molar-refractivity contribution in [2.24, 2.45) is 0 Å². The number of ether oxygens (including phenoxy) is 2. The van der Waals surface area contributed by atoms with E-state index in [1.807, 2.05) is 25.2 Å². The minimum atomic E-state index is -0.326. The van der Waals surface area contributed by atoms with Crippen LogP contribution in [0.15, 0.2) is 36.5 Å². The number of hydrogen-bond acceptors (Lipinski definition) is 4. The van der Waals surface area contributed by atoms with Gasteiger partial charge in [0, 0.05) is 19.8 Å². The molecular weight excluding hydrogens is 259 g/mol. The van der Waals surface area contributed by atoms with Gasteiger partial charge in [0.1, 0.15) is 13.2 Å². The van der Waals surface area contributed by atoms with Crippen LogP contribution in [0, 0.1) is 5.82 Å². The largest absolute Gasteiger partial charge is 0.486 e. The zero-order valence-corrected chi connectivity index (χ0v) is 11.2. The van der Waals surface area contributed by atoms with Crippen molar-refractivity contribution in [2.45, 2.75) is 6.54 Å². The molecule has 4 nitrogen and oxygen atoms in total. The third kappa shape index (κ3) is 2.52. The normalized spacial score (nSPS) is 13.1. The maximum absolute atomic E-state index is 13.7. The fourth-order valence-corrected chi connectivity index (χ4v) is 2.19. The summed E-state index contributed by atoms with van der Waals surface area (Å²) in [5, 5.41) is 0. The number of aromatic nitrogens is 1. The average Bonchev–Trinajstić information content (AvgIpc) is 2.47. The van der Waals surface area contributed by atoms with Gasteiger partial charge < -0.3 is 14.4 Å². The molecule has 1 aliphatic heterocycles. The molecule has 20 heavy (non-hydrogen) atoms. The van der Waals surface area contributed by atoms with E-state index in [9.17, 15) is 4.39 Å². The van der Waals surface area contributed by atoms with E-state index in [-0.39, 0.29) is 5.82 Å². The first-order chi connectivity index (χ1) is 9.74. The van der Waals surface area contributed by atoms with E-state index < -0.39 is 0 Å². The number of hydrogen-bond donors (Lipinski definition) is 0. The zero-order chi connectivity index (χ0) is 13.9. The van der Waals surface area contributed by atoms with Crippen LogP contribution in [0.1, 0.15) is 5.56 Å². The van der Waals surface area contributed by atoms with Crippen molar-refractivity contribution in [1.29, 1.82) is 0 Å². The van der Waals surface area contributed by atoms with Gasteiger partial charge in [-0.3, -0.25) is 0 Å². The van der Waals surface area contributed by atoms with Crippen molar-refractivity contribution in [3.63, 3.8) is 0 Å². The Morgan fingerprint density at radius 1 is 1.20 bits per heavy atom. The molecule has 0 fully saturated rings. The summed E-state index contributed by atoms with van der Waals surface area (Å²) in [6.45, 7) is 1.68. The molecule has 0 bridgehead atoms. The summed E-state index contributed by atoms with van der Waals surface area (Å²) >= 11 is 0. The number of rotatable bonds is 3. The number of benzene rings is 1. The maximum Gasteiger partial charge on any atom is 0.165 e. The third-order valence-electron chi connectivity index (χ3n) is 3.13. The smallest absolute Gasteiger partial charge is 0.165 e. The number of fused-ring (bicyclic) bond motifs is 1. The lowest BCUT2D eigenvalue weighted by Gasteiger charge is -2.21. The highest BCUT2D eigenvalue weighted by molar-refractivity contribution is 5.46. The Morgan fingerprint density at radius 3 is 2.80 bits per heavy atom. The summed E-state index contributed by atoms with van der Waals surface area (Å²) < 4.78 is 24.7. The minimum absolute atomic E-state index is 0.326. The lowest BCUT2D eigenvalue weighted by atomic mass is 10.2. The van der Waals surface area contributed by atoms with E-state index in [0.29, 0.717) is 25.6 Å². The SMILES string of the molecule is CN(Cc1ccc2c(c1)OCCO2)c1ncccc1F. The standard InChI is InChI=1S/C15H15FN2O2/c1-18(15-12(16)3-2-6-17-15)10-11-4-5-13-14(9-11)20-8-7-19-13/h2-6,9H,7-8,10H2,1H3. The van der Waals surface area contributed by atoms with Gasteiger partial charge in [0.15, 0.2) is 23.1 Å². The molecule has 0 saturated heterocycles. The minimum Gasteiger partial charge on any atom is -0.486 e. The van der Waals surface area contributed by atoms with Crippen molar-refractivity contribution in [3.05, 3.63) is 47.9 Å². The summed E-state index contributed by atoms with van der Waals surface area (Å²) in [7, 11) is 1.81. The lowest BCUT2D eigenvalue weighted by Crippen LogP contribution is -2.20. The molecule has 0 radical (unpaired) electrons. The first-order valence-electron chi connectivity index (χ1n) is 6.44. The molecule has 0 N–H and O–H groups in total. The van der Waals surface area contributed by atoms with E-state index >= 15 is 0 Å². The Hall–Kier alpha value is -2.30. The van der Waals surface area contributed by atoms with Crippen molar-refractivity contribution in [2.75, 3.05) is 25.2 Å². The molecule has 1 aliphatic rings. The molecular formula is C15H15FN2O2. The molecule has 0 aliphatic carbocycles. The van der Waals surface area contributed by atoms with Gasteiger partial charge in [-0.2, -0.15) is 0 Å². The van der Waals surface area contributed by atoms with E-state index in [4.69, 9.17) is 9.47 Å². The van der Waals surface area contributed by atoms with Crippen LogP contribution in [-0.4, -0.2) is 25.2 Å². The second-order valence-corrected chi connectivity index (χ2v) is 4.64. The number of pyridine rings is 1. The molecule has 1 aromatic heterocycles. The number of nitrogens with zero attached hydrogens (tertiary/aromatic N) is 2. The molecule has 0 saturated carbocycles. The van der Waals surface area contributed by atoms with Gasteiger partial charge in [0.25, 0.3) is 0 Å². The monoisotopic (exact) mass is 274 g/mol. The average molecular weight is 274 g/mol. The van der Waals surface area contributed by atoms with Crippen LogP contribution in [-0.2, 0) is 6.54 Å². The van der Waals surface area contributed by atoms with Crippen LogP contribution < -0.4 is 14.4 Å². The van der Waals surface area contributed by atoms with Crippen LogP contribution in [0.3, 0.4) is 0 Å². The Balaban J connectivity index is 1.79. The maximum atomic E-state index is 13.7. The van der Waals surface area contributed by atoms with E-state index in [1.54, 1.807) is 17.2 Å². The number of halogens is 1. The first-order valence-corrected chi connectivity index (χ1v) is 6.44.